The minimum absolute atomic E-state index is 0.0308. The summed E-state index contributed by atoms with van der Waals surface area (Å²) in [5.74, 6) is 1.16. The fraction of sp³-hybridized carbons (Fsp3) is 0.412. The van der Waals surface area contributed by atoms with Crippen LogP contribution in [0.3, 0.4) is 0 Å². The van der Waals surface area contributed by atoms with Gasteiger partial charge in [0.25, 0.3) is 11.8 Å². The summed E-state index contributed by atoms with van der Waals surface area (Å²) in [5, 5.41) is 13.2. The number of anilines is 1. The lowest BCUT2D eigenvalue weighted by Gasteiger charge is -2.13. The molecule has 0 atom stereocenters. The SMILES string of the molecule is COc1cc(C(=O)Nc2nnc(C)n2C)ccc1OCC(=O)NC(C)C. The van der Waals surface area contributed by atoms with Gasteiger partial charge in [0.15, 0.2) is 18.1 Å². The number of hydrogen-bond donors (Lipinski definition) is 2. The number of carbonyl (C=O) groups is 2. The van der Waals surface area contributed by atoms with Crippen LogP contribution in [0.2, 0.25) is 0 Å². The lowest BCUT2D eigenvalue weighted by Crippen LogP contribution is -2.34. The Labute approximate surface area is 151 Å². The van der Waals surface area contributed by atoms with Crippen molar-refractivity contribution in [2.75, 3.05) is 19.0 Å². The Kier molecular flexibility index (Phi) is 6.16. The maximum absolute atomic E-state index is 12.4. The van der Waals surface area contributed by atoms with Gasteiger partial charge >= 0.3 is 0 Å². The normalized spacial score (nSPS) is 10.5. The van der Waals surface area contributed by atoms with Gasteiger partial charge in [-0.25, -0.2) is 0 Å². The first kappa shape index (κ1) is 19.2. The zero-order chi connectivity index (χ0) is 19.3. The van der Waals surface area contributed by atoms with E-state index in [4.69, 9.17) is 9.47 Å². The highest BCUT2D eigenvalue weighted by atomic mass is 16.5. The van der Waals surface area contributed by atoms with Crippen LogP contribution in [0.4, 0.5) is 5.95 Å². The van der Waals surface area contributed by atoms with Gasteiger partial charge in [0.2, 0.25) is 5.95 Å². The van der Waals surface area contributed by atoms with Crippen LogP contribution in [0, 0.1) is 6.92 Å². The van der Waals surface area contributed by atoms with Crippen molar-refractivity contribution >= 4 is 17.8 Å². The summed E-state index contributed by atoms with van der Waals surface area (Å²) in [6.07, 6.45) is 0. The molecule has 1 heterocycles. The molecule has 0 saturated carbocycles. The third-order valence-corrected chi connectivity index (χ3v) is 3.55. The molecule has 9 nitrogen and oxygen atoms in total. The third-order valence-electron chi connectivity index (χ3n) is 3.55. The first-order valence-electron chi connectivity index (χ1n) is 8.09. The van der Waals surface area contributed by atoms with Crippen molar-refractivity contribution in [3.05, 3.63) is 29.6 Å². The van der Waals surface area contributed by atoms with E-state index in [2.05, 4.69) is 20.8 Å². The highest BCUT2D eigenvalue weighted by Gasteiger charge is 2.15. The molecule has 0 radical (unpaired) electrons. The molecule has 0 aliphatic carbocycles. The van der Waals surface area contributed by atoms with E-state index in [0.717, 1.165) is 0 Å². The molecular formula is C17H23N5O4. The first-order valence-corrected chi connectivity index (χ1v) is 8.09. The van der Waals surface area contributed by atoms with Gasteiger partial charge in [0, 0.05) is 18.7 Å². The molecule has 0 bridgehead atoms. The van der Waals surface area contributed by atoms with Crippen LogP contribution in [0.25, 0.3) is 0 Å². The van der Waals surface area contributed by atoms with Gasteiger partial charge in [-0.05, 0) is 39.0 Å². The Bertz CT molecular complexity index is 800. The maximum atomic E-state index is 12.4. The number of ether oxygens (including phenoxy) is 2. The van der Waals surface area contributed by atoms with Gasteiger partial charge in [0.1, 0.15) is 5.82 Å². The fourth-order valence-electron chi connectivity index (χ4n) is 2.12. The Balaban J connectivity index is 2.08. The molecule has 26 heavy (non-hydrogen) atoms. The number of amides is 2. The van der Waals surface area contributed by atoms with Crippen molar-refractivity contribution < 1.29 is 19.1 Å². The fourth-order valence-corrected chi connectivity index (χ4v) is 2.12. The number of aromatic nitrogens is 3. The number of hydrogen-bond acceptors (Lipinski definition) is 6. The van der Waals surface area contributed by atoms with E-state index < -0.39 is 0 Å². The number of nitrogens with one attached hydrogen (secondary N) is 2. The molecule has 9 heteroatoms. The monoisotopic (exact) mass is 361 g/mol. The van der Waals surface area contributed by atoms with Gasteiger partial charge in [-0.15, -0.1) is 10.2 Å². The second-order valence-electron chi connectivity index (χ2n) is 5.96. The van der Waals surface area contributed by atoms with Crippen LogP contribution in [-0.2, 0) is 11.8 Å². The number of carbonyl (C=O) groups excluding carboxylic acids is 2. The molecule has 0 aliphatic heterocycles. The Morgan fingerprint density at radius 1 is 1.23 bits per heavy atom. The summed E-state index contributed by atoms with van der Waals surface area (Å²) in [4.78, 5) is 24.1. The van der Waals surface area contributed by atoms with E-state index in [-0.39, 0.29) is 24.5 Å². The Morgan fingerprint density at radius 2 is 1.96 bits per heavy atom. The van der Waals surface area contributed by atoms with E-state index >= 15 is 0 Å². The molecule has 0 spiro atoms. The molecule has 2 rings (SSSR count). The smallest absolute Gasteiger partial charge is 0.258 e. The molecule has 140 valence electrons. The Hall–Kier alpha value is -3.10. The molecular weight excluding hydrogens is 338 g/mol. The van der Waals surface area contributed by atoms with Gasteiger partial charge in [-0.2, -0.15) is 0 Å². The zero-order valence-electron chi connectivity index (χ0n) is 15.5. The van der Waals surface area contributed by atoms with Crippen molar-refractivity contribution in [2.24, 2.45) is 7.05 Å². The van der Waals surface area contributed by atoms with Gasteiger partial charge < -0.3 is 19.4 Å². The molecule has 2 amide bonds. The van der Waals surface area contributed by atoms with E-state index in [1.54, 1.807) is 30.7 Å². The quantitative estimate of drug-likeness (QED) is 0.769. The average molecular weight is 361 g/mol. The van der Waals surface area contributed by atoms with Crippen LogP contribution in [0.5, 0.6) is 11.5 Å². The summed E-state index contributed by atoms with van der Waals surface area (Å²) < 4.78 is 12.4. The van der Waals surface area contributed by atoms with Crippen molar-refractivity contribution in [1.82, 2.24) is 20.1 Å². The molecule has 1 aromatic carbocycles. The predicted molar refractivity (Wildman–Crippen MR) is 95.5 cm³/mol. The highest BCUT2D eigenvalue weighted by molar-refractivity contribution is 6.03. The molecule has 2 N–H and O–H groups in total. The number of methoxy groups -OCH3 is 1. The van der Waals surface area contributed by atoms with Crippen LogP contribution >= 0.6 is 0 Å². The minimum Gasteiger partial charge on any atom is -0.493 e. The number of nitrogens with zero attached hydrogens (tertiary/aromatic N) is 3. The number of rotatable bonds is 7. The van der Waals surface area contributed by atoms with Crippen LogP contribution in [0.15, 0.2) is 18.2 Å². The van der Waals surface area contributed by atoms with Crippen molar-refractivity contribution in [3.8, 4) is 11.5 Å². The van der Waals surface area contributed by atoms with Crippen LogP contribution in [-0.4, -0.2) is 46.3 Å². The molecule has 1 aromatic heterocycles. The van der Waals surface area contributed by atoms with E-state index in [1.165, 1.54) is 13.2 Å². The molecule has 0 aliphatic rings. The lowest BCUT2D eigenvalue weighted by atomic mass is 10.2. The molecule has 2 aromatic rings. The molecule has 0 fully saturated rings. The van der Waals surface area contributed by atoms with Crippen molar-refractivity contribution in [2.45, 2.75) is 26.8 Å². The standard InChI is InChI=1S/C17H23N5O4/c1-10(2)18-15(23)9-26-13-7-6-12(8-14(13)25-5)16(24)19-17-21-20-11(3)22(17)4/h6-8,10H,9H2,1-5H3,(H,18,23)(H,19,21,24). The van der Waals surface area contributed by atoms with Crippen molar-refractivity contribution in [1.29, 1.82) is 0 Å². The predicted octanol–water partition coefficient (Wildman–Crippen LogP) is 1.29. The van der Waals surface area contributed by atoms with E-state index in [9.17, 15) is 9.59 Å². The average Bonchev–Trinajstić information content (AvgIpc) is 2.91. The summed E-state index contributed by atoms with van der Waals surface area (Å²) >= 11 is 0. The van der Waals surface area contributed by atoms with Crippen LogP contribution in [0.1, 0.15) is 30.0 Å². The largest absolute Gasteiger partial charge is 0.493 e. The minimum atomic E-state index is -0.358. The number of aryl methyl sites for hydroxylation is 1. The lowest BCUT2D eigenvalue weighted by molar-refractivity contribution is -0.123. The summed E-state index contributed by atoms with van der Waals surface area (Å²) in [6, 6.07) is 4.73. The first-order chi connectivity index (χ1) is 12.3. The van der Waals surface area contributed by atoms with E-state index in [1.807, 2.05) is 13.8 Å². The van der Waals surface area contributed by atoms with E-state index in [0.29, 0.717) is 28.8 Å². The van der Waals surface area contributed by atoms with Crippen molar-refractivity contribution in [3.63, 3.8) is 0 Å². The summed E-state index contributed by atoms with van der Waals surface area (Å²) in [7, 11) is 3.22. The topological polar surface area (TPSA) is 107 Å². The second-order valence-corrected chi connectivity index (χ2v) is 5.96. The summed E-state index contributed by atoms with van der Waals surface area (Å²) in [5.41, 5.74) is 0.362. The maximum Gasteiger partial charge on any atom is 0.258 e. The van der Waals surface area contributed by atoms with Gasteiger partial charge in [-0.3, -0.25) is 14.9 Å². The van der Waals surface area contributed by atoms with Gasteiger partial charge in [0.05, 0.1) is 7.11 Å². The Morgan fingerprint density at radius 3 is 2.54 bits per heavy atom. The third kappa shape index (κ3) is 4.71. The van der Waals surface area contributed by atoms with Crippen LogP contribution < -0.4 is 20.1 Å². The number of benzene rings is 1. The zero-order valence-corrected chi connectivity index (χ0v) is 15.5. The second kappa shape index (κ2) is 8.32. The molecule has 0 unspecified atom stereocenters. The molecule has 0 saturated heterocycles. The highest BCUT2D eigenvalue weighted by Crippen LogP contribution is 2.28. The van der Waals surface area contributed by atoms with Gasteiger partial charge in [-0.1, -0.05) is 0 Å². The summed E-state index contributed by atoms with van der Waals surface area (Å²) in [6.45, 7) is 5.38.